The van der Waals surface area contributed by atoms with Crippen molar-refractivity contribution < 1.29 is 18.6 Å². The molecule has 0 aliphatic carbocycles. The van der Waals surface area contributed by atoms with Gasteiger partial charge < -0.3 is 19.5 Å². The summed E-state index contributed by atoms with van der Waals surface area (Å²) >= 11 is 0. The third-order valence-electron chi connectivity index (χ3n) is 4.44. The zero-order valence-electron chi connectivity index (χ0n) is 15.3. The Kier molecular flexibility index (Phi) is 5.80. The zero-order chi connectivity index (χ0) is 19.2. The molecule has 1 aromatic heterocycles. The number of rotatable bonds is 6. The van der Waals surface area contributed by atoms with E-state index in [1.165, 1.54) is 12.1 Å². The summed E-state index contributed by atoms with van der Waals surface area (Å²) in [6, 6.07) is 19.3. The van der Waals surface area contributed by atoms with Crippen molar-refractivity contribution in [3.63, 3.8) is 0 Å². The smallest absolute Gasteiger partial charge is 0.262 e. The van der Waals surface area contributed by atoms with Crippen LogP contribution in [-0.2, 0) is 4.74 Å². The van der Waals surface area contributed by atoms with Crippen molar-refractivity contribution in [1.29, 1.82) is 0 Å². The van der Waals surface area contributed by atoms with E-state index in [4.69, 9.17) is 14.2 Å². The van der Waals surface area contributed by atoms with Crippen LogP contribution in [0.5, 0.6) is 17.4 Å². The first-order chi connectivity index (χ1) is 13.8. The summed E-state index contributed by atoms with van der Waals surface area (Å²) in [7, 11) is 0. The van der Waals surface area contributed by atoms with Gasteiger partial charge in [-0.15, -0.1) is 0 Å². The monoisotopic (exact) mass is 380 g/mol. The predicted octanol–water partition coefficient (Wildman–Crippen LogP) is 4.12. The number of hydrogen-bond donors (Lipinski definition) is 1. The Morgan fingerprint density at radius 3 is 2.61 bits per heavy atom. The summed E-state index contributed by atoms with van der Waals surface area (Å²) in [5.41, 5.74) is 1.01. The van der Waals surface area contributed by atoms with Gasteiger partial charge in [-0.25, -0.2) is 9.37 Å². The lowest BCUT2D eigenvalue weighted by Gasteiger charge is -2.31. The van der Waals surface area contributed by atoms with Crippen molar-refractivity contribution in [1.82, 2.24) is 10.3 Å². The largest absolute Gasteiger partial charge is 0.477 e. The Bertz CT molecular complexity index is 884. The molecular formula is C22H21FN2O3. The van der Waals surface area contributed by atoms with Gasteiger partial charge in [0.15, 0.2) is 11.9 Å². The van der Waals surface area contributed by atoms with Crippen molar-refractivity contribution >= 4 is 0 Å². The second-order valence-electron chi connectivity index (χ2n) is 6.43. The van der Waals surface area contributed by atoms with E-state index in [1.54, 1.807) is 30.5 Å². The average molecular weight is 380 g/mol. The summed E-state index contributed by atoms with van der Waals surface area (Å²) in [5, 5.41) is 3.34. The van der Waals surface area contributed by atoms with Gasteiger partial charge in [-0.2, -0.15) is 0 Å². The van der Waals surface area contributed by atoms with Crippen molar-refractivity contribution in [3.8, 4) is 17.4 Å². The molecule has 6 heteroatoms. The molecule has 144 valence electrons. The second kappa shape index (κ2) is 8.82. The van der Waals surface area contributed by atoms with Gasteiger partial charge in [0.05, 0.1) is 6.61 Å². The number of nitrogens with zero attached hydrogens (tertiary/aromatic N) is 1. The highest BCUT2D eigenvalue weighted by molar-refractivity contribution is 5.38. The molecule has 1 N–H and O–H groups in total. The first kappa shape index (κ1) is 18.4. The number of aromatic nitrogens is 1. The maximum Gasteiger partial charge on any atom is 0.262 e. The van der Waals surface area contributed by atoms with Crippen molar-refractivity contribution in [2.75, 3.05) is 19.7 Å². The highest BCUT2D eigenvalue weighted by Crippen LogP contribution is 2.34. The van der Waals surface area contributed by atoms with E-state index in [9.17, 15) is 4.39 Å². The summed E-state index contributed by atoms with van der Waals surface area (Å²) in [4.78, 5) is 4.29. The van der Waals surface area contributed by atoms with Crippen LogP contribution in [0.4, 0.5) is 4.39 Å². The number of halogens is 1. The number of nitrogens with one attached hydrogen (secondary N) is 1. The average Bonchev–Trinajstić information content (AvgIpc) is 2.76. The van der Waals surface area contributed by atoms with E-state index in [1.807, 2.05) is 30.3 Å². The molecule has 4 rings (SSSR count). The van der Waals surface area contributed by atoms with Gasteiger partial charge in [0.25, 0.3) is 5.88 Å². The lowest BCUT2D eigenvalue weighted by atomic mass is 10.0. The van der Waals surface area contributed by atoms with Crippen LogP contribution in [0.25, 0.3) is 0 Å². The minimum absolute atomic E-state index is 0.143. The van der Waals surface area contributed by atoms with Crippen LogP contribution in [0.15, 0.2) is 72.9 Å². The van der Waals surface area contributed by atoms with Gasteiger partial charge >= 0.3 is 0 Å². The van der Waals surface area contributed by atoms with Gasteiger partial charge in [0.2, 0.25) is 0 Å². The number of benzene rings is 2. The Morgan fingerprint density at radius 2 is 1.86 bits per heavy atom. The summed E-state index contributed by atoms with van der Waals surface area (Å²) in [6.45, 7) is 2.14. The van der Waals surface area contributed by atoms with Crippen LogP contribution < -0.4 is 14.8 Å². The van der Waals surface area contributed by atoms with Crippen molar-refractivity contribution in [3.05, 3.63) is 84.3 Å². The van der Waals surface area contributed by atoms with E-state index >= 15 is 0 Å². The van der Waals surface area contributed by atoms with Crippen LogP contribution in [0.3, 0.4) is 0 Å². The van der Waals surface area contributed by atoms with Gasteiger partial charge in [-0.05, 0) is 42.0 Å². The molecule has 5 nitrogen and oxygen atoms in total. The van der Waals surface area contributed by atoms with Gasteiger partial charge in [-0.1, -0.05) is 30.3 Å². The quantitative estimate of drug-likeness (QED) is 0.697. The molecule has 0 saturated carbocycles. The molecule has 1 aliphatic rings. The molecule has 28 heavy (non-hydrogen) atoms. The van der Waals surface area contributed by atoms with Crippen LogP contribution in [-0.4, -0.2) is 30.8 Å². The topological polar surface area (TPSA) is 52.6 Å². The van der Waals surface area contributed by atoms with Gasteiger partial charge in [-0.3, -0.25) is 0 Å². The molecule has 0 amide bonds. The molecule has 0 unspecified atom stereocenters. The molecule has 2 atom stereocenters. The van der Waals surface area contributed by atoms with E-state index < -0.39 is 0 Å². The second-order valence-corrected chi connectivity index (χ2v) is 6.43. The standard InChI is InChI=1S/C22H21FN2O3/c23-17-8-10-18(11-9-17)27-22-19(7-4-12-25-22)28-21(16-5-2-1-3-6-16)20-15-24-13-14-26-20/h1-12,20-21,24H,13-15H2/t20-,21-/m0/s1. The van der Waals surface area contributed by atoms with E-state index in [0.29, 0.717) is 30.5 Å². The fourth-order valence-corrected chi connectivity index (χ4v) is 3.07. The SMILES string of the molecule is Fc1ccc(Oc2ncccc2O[C@@H](c2ccccc2)[C@@H]2CNCCO2)cc1. The van der Waals surface area contributed by atoms with Crippen molar-refractivity contribution in [2.45, 2.75) is 12.2 Å². The molecule has 2 heterocycles. The highest BCUT2D eigenvalue weighted by Gasteiger charge is 2.29. The lowest BCUT2D eigenvalue weighted by molar-refractivity contribution is -0.0438. The molecule has 0 radical (unpaired) electrons. The number of hydrogen-bond acceptors (Lipinski definition) is 5. The first-order valence-electron chi connectivity index (χ1n) is 9.22. The Balaban J connectivity index is 1.60. The minimum Gasteiger partial charge on any atom is -0.477 e. The molecule has 1 fully saturated rings. The molecule has 2 aromatic carbocycles. The van der Waals surface area contributed by atoms with Crippen LogP contribution >= 0.6 is 0 Å². The number of morpholine rings is 1. The number of ether oxygens (including phenoxy) is 3. The highest BCUT2D eigenvalue weighted by atomic mass is 19.1. The third-order valence-corrected chi connectivity index (χ3v) is 4.44. The first-order valence-corrected chi connectivity index (χ1v) is 9.22. The Labute approximate surface area is 163 Å². The normalized spacial score (nSPS) is 17.7. The molecule has 1 saturated heterocycles. The van der Waals surface area contributed by atoms with E-state index in [2.05, 4.69) is 10.3 Å². The molecule has 0 bridgehead atoms. The van der Waals surface area contributed by atoms with Crippen LogP contribution in [0, 0.1) is 5.82 Å². The minimum atomic E-state index is -0.325. The fraction of sp³-hybridized carbons (Fsp3) is 0.227. The van der Waals surface area contributed by atoms with Crippen LogP contribution in [0.2, 0.25) is 0 Å². The maximum absolute atomic E-state index is 13.2. The summed E-state index contributed by atoms with van der Waals surface area (Å²) in [5.74, 6) is 0.974. The molecule has 0 spiro atoms. The van der Waals surface area contributed by atoms with Gasteiger partial charge in [0, 0.05) is 19.3 Å². The third kappa shape index (κ3) is 4.47. The fourth-order valence-electron chi connectivity index (χ4n) is 3.07. The van der Waals surface area contributed by atoms with Crippen LogP contribution in [0.1, 0.15) is 11.7 Å². The Morgan fingerprint density at radius 1 is 1.04 bits per heavy atom. The number of pyridine rings is 1. The van der Waals surface area contributed by atoms with Gasteiger partial charge in [0.1, 0.15) is 17.7 Å². The van der Waals surface area contributed by atoms with Crippen molar-refractivity contribution in [2.24, 2.45) is 0 Å². The van der Waals surface area contributed by atoms with E-state index in [-0.39, 0.29) is 18.0 Å². The molecular weight excluding hydrogens is 359 g/mol. The summed E-state index contributed by atoms with van der Waals surface area (Å²) < 4.78 is 31.3. The zero-order valence-corrected chi connectivity index (χ0v) is 15.3. The Hall–Kier alpha value is -2.96. The predicted molar refractivity (Wildman–Crippen MR) is 103 cm³/mol. The molecule has 3 aromatic rings. The summed E-state index contributed by atoms with van der Waals surface area (Å²) in [6.07, 6.45) is 1.16. The lowest BCUT2D eigenvalue weighted by Crippen LogP contribution is -2.43. The molecule has 1 aliphatic heterocycles. The maximum atomic E-state index is 13.2. The van der Waals surface area contributed by atoms with E-state index in [0.717, 1.165) is 12.1 Å².